The summed E-state index contributed by atoms with van der Waals surface area (Å²) in [6.07, 6.45) is 2.95. The Hall–Kier alpha value is -0.160. The van der Waals surface area contributed by atoms with E-state index < -0.39 is 0 Å². The highest BCUT2D eigenvalue weighted by atomic mass is 16.5. The van der Waals surface area contributed by atoms with Gasteiger partial charge in [0.2, 0.25) is 0 Å². The summed E-state index contributed by atoms with van der Waals surface area (Å²) in [6, 6.07) is 0.506. The lowest BCUT2D eigenvalue weighted by Gasteiger charge is -2.63. The molecule has 0 bridgehead atoms. The first kappa shape index (κ1) is 15.7. The third-order valence-corrected chi connectivity index (χ3v) is 6.85. The number of fused-ring (bicyclic) bond motifs is 1. The Morgan fingerprint density at radius 1 is 1.29 bits per heavy atom. The van der Waals surface area contributed by atoms with Gasteiger partial charge in [0.1, 0.15) is 0 Å². The molecule has 3 aliphatic rings. The number of rotatable bonds is 5. The first-order chi connectivity index (χ1) is 9.75. The highest BCUT2D eigenvalue weighted by Crippen LogP contribution is 2.58. The molecule has 21 heavy (non-hydrogen) atoms. The molecular weight excluding hydrogens is 264 g/mol. The summed E-state index contributed by atoms with van der Waals surface area (Å²) in [5.74, 6) is 0.519. The summed E-state index contributed by atoms with van der Waals surface area (Å²) >= 11 is 0. The molecule has 3 fully saturated rings. The van der Waals surface area contributed by atoms with Crippen molar-refractivity contribution in [2.75, 3.05) is 19.8 Å². The molecule has 1 aliphatic heterocycles. The van der Waals surface area contributed by atoms with E-state index in [2.05, 4.69) is 39.9 Å². The molecule has 1 heterocycles. The molecule has 0 aromatic carbocycles. The minimum absolute atomic E-state index is 0.0639. The van der Waals surface area contributed by atoms with Crippen LogP contribution in [0.2, 0.25) is 0 Å². The molecule has 2 saturated carbocycles. The highest BCUT2D eigenvalue weighted by molar-refractivity contribution is 5.22. The molecule has 3 rings (SSSR count). The van der Waals surface area contributed by atoms with Crippen LogP contribution in [0.3, 0.4) is 0 Å². The van der Waals surface area contributed by atoms with Crippen LogP contribution in [-0.2, 0) is 9.47 Å². The number of hydrogen-bond acceptors (Lipinski definition) is 4. The van der Waals surface area contributed by atoms with Crippen LogP contribution in [0.25, 0.3) is 0 Å². The number of nitrogens with two attached hydrogens (primary N) is 1. The van der Waals surface area contributed by atoms with Gasteiger partial charge < -0.3 is 20.5 Å². The lowest BCUT2D eigenvalue weighted by atomic mass is 9.48. The first-order valence-corrected chi connectivity index (χ1v) is 8.50. The van der Waals surface area contributed by atoms with E-state index in [1.807, 2.05) is 0 Å². The Kier molecular flexibility index (Phi) is 3.68. The quantitative estimate of drug-likeness (QED) is 0.814. The van der Waals surface area contributed by atoms with Gasteiger partial charge in [0, 0.05) is 48.1 Å². The maximum Gasteiger partial charge on any atom is 0.0691 e. The molecule has 4 heteroatoms. The largest absolute Gasteiger partial charge is 0.378 e. The highest BCUT2D eigenvalue weighted by Gasteiger charge is 2.67. The van der Waals surface area contributed by atoms with Gasteiger partial charge in [0.05, 0.1) is 12.2 Å². The van der Waals surface area contributed by atoms with Crippen molar-refractivity contribution >= 4 is 0 Å². The summed E-state index contributed by atoms with van der Waals surface area (Å²) in [6.45, 7) is 13.7. The van der Waals surface area contributed by atoms with Gasteiger partial charge in [0.15, 0.2) is 0 Å². The Labute approximate surface area is 129 Å². The Bertz CT molecular complexity index is 410. The Morgan fingerprint density at radius 2 is 2.00 bits per heavy atom. The van der Waals surface area contributed by atoms with E-state index in [0.717, 1.165) is 32.6 Å². The Morgan fingerprint density at radius 3 is 2.62 bits per heavy atom. The molecule has 0 spiro atoms. The molecule has 0 aromatic heterocycles. The first-order valence-electron chi connectivity index (χ1n) is 8.50. The van der Waals surface area contributed by atoms with Crippen molar-refractivity contribution in [2.45, 2.75) is 71.2 Å². The molecule has 0 aromatic rings. The Balaban J connectivity index is 1.59. The summed E-state index contributed by atoms with van der Waals surface area (Å²) in [4.78, 5) is 0. The van der Waals surface area contributed by atoms with Gasteiger partial charge in [-0.25, -0.2) is 0 Å². The van der Waals surface area contributed by atoms with Crippen molar-refractivity contribution in [3.8, 4) is 0 Å². The summed E-state index contributed by atoms with van der Waals surface area (Å²) < 4.78 is 11.7. The predicted octanol–water partition coefficient (Wildman–Crippen LogP) is 1.92. The molecule has 0 radical (unpaired) electrons. The van der Waals surface area contributed by atoms with Crippen LogP contribution in [0.5, 0.6) is 0 Å². The van der Waals surface area contributed by atoms with E-state index in [1.165, 1.54) is 0 Å². The van der Waals surface area contributed by atoms with E-state index in [-0.39, 0.29) is 16.4 Å². The van der Waals surface area contributed by atoms with E-state index in [4.69, 9.17) is 15.2 Å². The van der Waals surface area contributed by atoms with E-state index >= 15 is 0 Å². The van der Waals surface area contributed by atoms with Crippen LogP contribution in [0.1, 0.15) is 47.5 Å². The lowest BCUT2D eigenvalue weighted by molar-refractivity contribution is -0.161. The van der Waals surface area contributed by atoms with Crippen LogP contribution in [0.15, 0.2) is 0 Å². The second-order valence-corrected chi connectivity index (χ2v) is 8.38. The fraction of sp³-hybridized carbons (Fsp3) is 1.00. The topological polar surface area (TPSA) is 56.5 Å². The molecule has 2 aliphatic carbocycles. The standard InChI is InChI=1S/C17H32N2O2/c1-6-20-13-9-12(15(13,2)3)19-10-17(18)11-7-8-21-14(11)16(17,4)5/h11-14,19H,6-10,18H2,1-5H3. The summed E-state index contributed by atoms with van der Waals surface area (Å²) in [7, 11) is 0. The van der Waals surface area contributed by atoms with Crippen LogP contribution in [-0.4, -0.2) is 43.5 Å². The fourth-order valence-corrected chi connectivity index (χ4v) is 4.84. The van der Waals surface area contributed by atoms with Crippen LogP contribution >= 0.6 is 0 Å². The zero-order chi connectivity index (χ0) is 15.5. The smallest absolute Gasteiger partial charge is 0.0691 e. The summed E-state index contributed by atoms with van der Waals surface area (Å²) in [5, 5.41) is 3.75. The lowest BCUT2D eigenvalue weighted by Crippen LogP contribution is -2.79. The van der Waals surface area contributed by atoms with Gasteiger partial charge in [-0.2, -0.15) is 0 Å². The van der Waals surface area contributed by atoms with Crippen molar-refractivity contribution in [1.82, 2.24) is 5.32 Å². The molecule has 4 nitrogen and oxygen atoms in total. The van der Waals surface area contributed by atoms with E-state index in [9.17, 15) is 0 Å². The van der Waals surface area contributed by atoms with Gasteiger partial charge in [-0.1, -0.05) is 27.7 Å². The van der Waals surface area contributed by atoms with Crippen LogP contribution in [0, 0.1) is 16.7 Å². The monoisotopic (exact) mass is 296 g/mol. The van der Waals surface area contributed by atoms with Crippen LogP contribution < -0.4 is 11.1 Å². The molecule has 1 saturated heterocycles. The summed E-state index contributed by atoms with van der Waals surface area (Å²) in [5.41, 5.74) is 6.93. The zero-order valence-corrected chi connectivity index (χ0v) is 14.2. The normalized spacial score (nSPS) is 46.6. The average molecular weight is 296 g/mol. The third-order valence-electron chi connectivity index (χ3n) is 6.85. The van der Waals surface area contributed by atoms with Crippen molar-refractivity contribution in [2.24, 2.45) is 22.5 Å². The van der Waals surface area contributed by atoms with Gasteiger partial charge in [0.25, 0.3) is 0 Å². The third kappa shape index (κ3) is 2.03. The maximum atomic E-state index is 6.80. The fourth-order valence-electron chi connectivity index (χ4n) is 4.84. The molecule has 5 unspecified atom stereocenters. The van der Waals surface area contributed by atoms with Gasteiger partial charge >= 0.3 is 0 Å². The second kappa shape index (κ2) is 4.92. The number of hydrogen-bond donors (Lipinski definition) is 2. The maximum absolute atomic E-state index is 6.80. The molecule has 122 valence electrons. The minimum Gasteiger partial charge on any atom is -0.378 e. The average Bonchev–Trinajstić information content (AvgIpc) is 2.90. The second-order valence-electron chi connectivity index (χ2n) is 8.38. The van der Waals surface area contributed by atoms with Gasteiger partial charge in [-0.3, -0.25) is 0 Å². The number of ether oxygens (including phenoxy) is 2. The van der Waals surface area contributed by atoms with Crippen molar-refractivity contribution in [3.63, 3.8) is 0 Å². The van der Waals surface area contributed by atoms with E-state index in [0.29, 0.717) is 24.2 Å². The molecule has 3 N–H and O–H groups in total. The van der Waals surface area contributed by atoms with Gasteiger partial charge in [-0.05, 0) is 19.8 Å². The zero-order valence-electron chi connectivity index (χ0n) is 14.2. The molecule has 0 amide bonds. The minimum atomic E-state index is -0.138. The molecular formula is C17H32N2O2. The van der Waals surface area contributed by atoms with E-state index in [1.54, 1.807) is 0 Å². The number of nitrogens with one attached hydrogen (secondary N) is 1. The predicted molar refractivity (Wildman–Crippen MR) is 84.1 cm³/mol. The van der Waals surface area contributed by atoms with Crippen molar-refractivity contribution < 1.29 is 9.47 Å². The van der Waals surface area contributed by atoms with Gasteiger partial charge in [-0.15, -0.1) is 0 Å². The van der Waals surface area contributed by atoms with Crippen molar-refractivity contribution in [3.05, 3.63) is 0 Å². The van der Waals surface area contributed by atoms with Crippen molar-refractivity contribution in [1.29, 1.82) is 0 Å². The molecule has 5 atom stereocenters. The SMILES string of the molecule is CCOC1CC(NCC2(N)C3CCOC3C2(C)C)C1(C)C. The van der Waals surface area contributed by atoms with Crippen LogP contribution in [0.4, 0.5) is 0 Å².